The van der Waals surface area contributed by atoms with E-state index >= 15 is 0 Å². The van der Waals surface area contributed by atoms with Gasteiger partial charge in [-0.3, -0.25) is 5.32 Å². The normalized spacial score (nSPS) is 10.9. The molecule has 0 aliphatic carbocycles. The molecular weight excluding hydrogens is 207 g/mol. The number of hydrogen-bond donors (Lipinski definition) is 1. The van der Waals surface area contributed by atoms with Gasteiger partial charge in [0, 0.05) is 6.54 Å². The van der Waals surface area contributed by atoms with Gasteiger partial charge in [-0.15, -0.1) is 0 Å². The van der Waals surface area contributed by atoms with Crippen molar-refractivity contribution in [3.05, 3.63) is 29.6 Å². The van der Waals surface area contributed by atoms with Crippen LogP contribution in [0.3, 0.4) is 0 Å². The molecule has 1 aromatic rings. The highest BCUT2D eigenvalue weighted by atomic mass is 19.1. The van der Waals surface area contributed by atoms with E-state index in [0.29, 0.717) is 6.54 Å². The summed E-state index contributed by atoms with van der Waals surface area (Å²) in [7, 11) is 1.43. The Balaban J connectivity index is 2.70. The van der Waals surface area contributed by atoms with Crippen LogP contribution in [-0.4, -0.2) is 12.6 Å². The van der Waals surface area contributed by atoms with Crippen LogP contribution in [0.25, 0.3) is 0 Å². The number of nitrogens with one attached hydrogen (secondary N) is 1. The van der Waals surface area contributed by atoms with Crippen LogP contribution in [0.4, 0.5) is 4.39 Å². The molecule has 0 heterocycles. The maximum absolute atomic E-state index is 13.3. The van der Waals surface area contributed by atoms with Gasteiger partial charge in [0.25, 0.3) is 0 Å². The largest absolute Gasteiger partial charge is 0.494 e. The minimum absolute atomic E-state index is 0.225. The monoisotopic (exact) mass is 222 g/mol. The summed E-state index contributed by atoms with van der Waals surface area (Å²) < 4.78 is 18.2. The van der Waals surface area contributed by atoms with Crippen LogP contribution < -0.4 is 10.1 Å². The zero-order valence-corrected chi connectivity index (χ0v) is 9.67. The second-order valence-corrected chi connectivity index (χ2v) is 4.06. The van der Waals surface area contributed by atoms with E-state index in [0.717, 1.165) is 5.56 Å². The summed E-state index contributed by atoms with van der Waals surface area (Å²) in [5.74, 6) is -0.167. The smallest absolute Gasteiger partial charge is 0.165 e. The van der Waals surface area contributed by atoms with Crippen LogP contribution in [-0.2, 0) is 6.54 Å². The molecule has 0 saturated carbocycles. The molecule has 0 amide bonds. The minimum Gasteiger partial charge on any atom is -0.494 e. The first-order chi connectivity index (χ1) is 7.48. The fourth-order valence-electron chi connectivity index (χ4n) is 1.18. The molecule has 0 unspecified atom stereocenters. The van der Waals surface area contributed by atoms with E-state index in [4.69, 9.17) is 10.00 Å². The molecule has 4 heteroatoms. The number of halogens is 1. The van der Waals surface area contributed by atoms with Gasteiger partial charge in [0.2, 0.25) is 0 Å². The van der Waals surface area contributed by atoms with Crippen LogP contribution in [0, 0.1) is 17.1 Å². The Labute approximate surface area is 94.8 Å². The van der Waals surface area contributed by atoms with Crippen molar-refractivity contribution in [2.24, 2.45) is 0 Å². The summed E-state index contributed by atoms with van der Waals surface area (Å²) in [6.45, 7) is 3.99. The molecular formula is C12H15FN2O. The van der Waals surface area contributed by atoms with Gasteiger partial charge in [0.15, 0.2) is 11.6 Å². The van der Waals surface area contributed by atoms with Gasteiger partial charge in [-0.2, -0.15) is 5.26 Å². The molecule has 0 atom stereocenters. The van der Waals surface area contributed by atoms with Crippen molar-refractivity contribution < 1.29 is 9.13 Å². The highest BCUT2D eigenvalue weighted by molar-refractivity contribution is 5.29. The Morgan fingerprint density at radius 2 is 2.19 bits per heavy atom. The fraction of sp³-hybridized carbons (Fsp3) is 0.417. The van der Waals surface area contributed by atoms with Crippen LogP contribution in [0.2, 0.25) is 0 Å². The van der Waals surface area contributed by atoms with Crippen molar-refractivity contribution in [3.63, 3.8) is 0 Å². The molecule has 0 bridgehead atoms. The maximum Gasteiger partial charge on any atom is 0.165 e. The predicted molar refractivity (Wildman–Crippen MR) is 59.5 cm³/mol. The van der Waals surface area contributed by atoms with Gasteiger partial charge in [-0.05, 0) is 31.5 Å². The SMILES string of the molecule is COc1ccc(CNC(C)(C)C#N)cc1F. The Bertz CT molecular complexity index is 410. The topological polar surface area (TPSA) is 45.0 Å². The number of nitrogens with zero attached hydrogens (tertiary/aromatic N) is 1. The van der Waals surface area contributed by atoms with Gasteiger partial charge >= 0.3 is 0 Å². The van der Waals surface area contributed by atoms with Gasteiger partial charge in [0.05, 0.1) is 13.2 Å². The summed E-state index contributed by atoms with van der Waals surface area (Å²) in [6.07, 6.45) is 0. The molecule has 0 radical (unpaired) electrons. The molecule has 0 aromatic heterocycles. The summed E-state index contributed by atoms with van der Waals surface area (Å²) in [6, 6.07) is 6.86. The van der Waals surface area contributed by atoms with Crippen molar-refractivity contribution in [2.75, 3.05) is 7.11 Å². The standard InChI is InChI=1S/C12H15FN2O/c1-12(2,8-14)15-7-9-4-5-11(16-3)10(13)6-9/h4-6,15H,7H2,1-3H3. The van der Waals surface area contributed by atoms with Gasteiger partial charge < -0.3 is 4.74 Å². The second-order valence-electron chi connectivity index (χ2n) is 4.06. The average Bonchev–Trinajstić information content (AvgIpc) is 2.27. The first kappa shape index (κ1) is 12.5. The summed E-state index contributed by atoms with van der Waals surface area (Å²) in [5.41, 5.74) is 0.165. The number of hydrogen-bond acceptors (Lipinski definition) is 3. The van der Waals surface area contributed by atoms with Gasteiger partial charge in [-0.25, -0.2) is 4.39 Å². The maximum atomic E-state index is 13.3. The lowest BCUT2D eigenvalue weighted by Gasteiger charge is -2.17. The third-order valence-electron chi connectivity index (χ3n) is 2.23. The van der Waals surface area contributed by atoms with Gasteiger partial charge in [0.1, 0.15) is 5.54 Å². The Hall–Kier alpha value is -1.60. The Morgan fingerprint density at radius 1 is 1.50 bits per heavy atom. The molecule has 0 aliphatic heterocycles. The highest BCUT2D eigenvalue weighted by Gasteiger charge is 2.15. The molecule has 0 saturated heterocycles. The first-order valence-corrected chi connectivity index (χ1v) is 4.97. The van der Waals surface area contributed by atoms with E-state index in [9.17, 15) is 4.39 Å². The molecule has 3 nitrogen and oxygen atoms in total. The number of benzene rings is 1. The Kier molecular flexibility index (Phi) is 3.86. The minimum atomic E-state index is -0.615. The van der Waals surface area contributed by atoms with Crippen molar-refractivity contribution in [2.45, 2.75) is 25.9 Å². The summed E-state index contributed by atoms with van der Waals surface area (Å²) >= 11 is 0. The third kappa shape index (κ3) is 3.21. The van der Waals surface area contributed by atoms with Gasteiger partial charge in [-0.1, -0.05) is 6.07 Å². The number of nitriles is 1. The number of rotatable bonds is 4. The molecule has 1 aromatic carbocycles. The van der Waals surface area contributed by atoms with E-state index in [1.54, 1.807) is 26.0 Å². The van der Waals surface area contributed by atoms with E-state index in [1.807, 2.05) is 0 Å². The highest BCUT2D eigenvalue weighted by Crippen LogP contribution is 2.17. The zero-order chi connectivity index (χ0) is 12.2. The molecule has 86 valence electrons. The third-order valence-corrected chi connectivity index (χ3v) is 2.23. The second kappa shape index (κ2) is 4.95. The van der Waals surface area contributed by atoms with Crippen molar-refractivity contribution in [1.82, 2.24) is 5.32 Å². The molecule has 0 aliphatic rings. The van der Waals surface area contributed by atoms with Crippen molar-refractivity contribution >= 4 is 0 Å². The quantitative estimate of drug-likeness (QED) is 0.849. The predicted octanol–water partition coefficient (Wildman–Crippen LogP) is 2.23. The fourth-order valence-corrected chi connectivity index (χ4v) is 1.18. The summed E-state index contributed by atoms with van der Waals surface area (Å²) in [5, 5.41) is 11.8. The lowest BCUT2D eigenvalue weighted by atomic mass is 10.1. The number of ether oxygens (including phenoxy) is 1. The van der Waals surface area contributed by atoms with Crippen LogP contribution in [0.5, 0.6) is 5.75 Å². The van der Waals surface area contributed by atoms with E-state index < -0.39 is 11.4 Å². The first-order valence-electron chi connectivity index (χ1n) is 4.97. The van der Waals surface area contributed by atoms with Crippen LogP contribution in [0.15, 0.2) is 18.2 Å². The molecule has 16 heavy (non-hydrogen) atoms. The summed E-state index contributed by atoms with van der Waals surface area (Å²) in [4.78, 5) is 0. The Morgan fingerprint density at radius 3 is 2.69 bits per heavy atom. The average molecular weight is 222 g/mol. The van der Waals surface area contributed by atoms with Crippen molar-refractivity contribution in [1.29, 1.82) is 5.26 Å². The van der Waals surface area contributed by atoms with Crippen LogP contribution >= 0.6 is 0 Å². The van der Waals surface area contributed by atoms with E-state index in [1.165, 1.54) is 13.2 Å². The van der Waals surface area contributed by atoms with E-state index in [-0.39, 0.29) is 5.75 Å². The zero-order valence-electron chi connectivity index (χ0n) is 9.67. The van der Waals surface area contributed by atoms with Crippen LogP contribution in [0.1, 0.15) is 19.4 Å². The molecule has 0 spiro atoms. The van der Waals surface area contributed by atoms with E-state index in [2.05, 4.69) is 11.4 Å². The van der Waals surface area contributed by atoms with Crippen molar-refractivity contribution in [3.8, 4) is 11.8 Å². The molecule has 1 N–H and O–H groups in total. The molecule has 0 fully saturated rings. The lowest BCUT2D eigenvalue weighted by Crippen LogP contribution is -2.36. The lowest BCUT2D eigenvalue weighted by molar-refractivity contribution is 0.385. The number of methoxy groups -OCH3 is 1. The molecule has 1 rings (SSSR count).